The molecule has 0 aromatic heterocycles. The van der Waals surface area contributed by atoms with Crippen LogP contribution in [0.1, 0.15) is 5.56 Å². The van der Waals surface area contributed by atoms with E-state index >= 15 is 0 Å². The van der Waals surface area contributed by atoms with Crippen LogP contribution in [0.2, 0.25) is 0 Å². The Balaban J connectivity index is 2.18. The zero-order valence-electron chi connectivity index (χ0n) is 10.7. The minimum atomic E-state index is -0.879. The van der Waals surface area contributed by atoms with Gasteiger partial charge in [0, 0.05) is 0 Å². The molecule has 0 aliphatic carbocycles. The highest BCUT2D eigenvalue weighted by atomic mass is 19.1. The molecule has 0 atom stereocenters. The van der Waals surface area contributed by atoms with Crippen molar-refractivity contribution in [2.75, 3.05) is 16.8 Å². The fourth-order valence-electron chi connectivity index (χ4n) is 2.32. The minimum absolute atomic E-state index is 0.108. The molecular formula is C15H9F2N3O. The molecule has 1 heterocycles. The number of amides is 1. The van der Waals surface area contributed by atoms with E-state index in [9.17, 15) is 13.6 Å². The van der Waals surface area contributed by atoms with Crippen LogP contribution in [-0.2, 0) is 4.79 Å². The normalized spacial score (nSPS) is 13.4. The molecule has 1 aliphatic heterocycles. The second-order valence-electron chi connectivity index (χ2n) is 4.55. The topological polar surface area (TPSA) is 56.1 Å². The van der Waals surface area contributed by atoms with E-state index in [0.29, 0.717) is 11.4 Å². The summed E-state index contributed by atoms with van der Waals surface area (Å²) in [5, 5.41) is 11.4. The molecule has 0 bridgehead atoms. The lowest BCUT2D eigenvalue weighted by atomic mass is 10.1. The van der Waals surface area contributed by atoms with Crippen molar-refractivity contribution in [1.82, 2.24) is 0 Å². The first kappa shape index (κ1) is 13.1. The maximum atomic E-state index is 14.1. The Morgan fingerprint density at radius 1 is 1.19 bits per heavy atom. The summed E-state index contributed by atoms with van der Waals surface area (Å²) < 4.78 is 28.3. The monoisotopic (exact) mass is 285 g/mol. The quantitative estimate of drug-likeness (QED) is 0.876. The molecular weight excluding hydrogens is 276 g/mol. The van der Waals surface area contributed by atoms with Gasteiger partial charge in [-0.15, -0.1) is 0 Å². The number of para-hydroxylation sites is 2. The van der Waals surface area contributed by atoms with Crippen LogP contribution in [-0.4, -0.2) is 12.5 Å². The van der Waals surface area contributed by atoms with E-state index in [1.54, 1.807) is 30.3 Å². The van der Waals surface area contributed by atoms with Crippen LogP contribution >= 0.6 is 0 Å². The molecule has 0 radical (unpaired) electrons. The molecule has 0 unspecified atom stereocenters. The van der Waals surface area contributed by atoms with Crippen molar-refractivity contribution in [3.05, 3.63) is 53.6 Å². The van der Waals surface area contributed by atoms with Crippen LogP contribution in [0, 0.1) is 23.0 Å². The summed E-state index contributed by atoms with van der Waals surface area (Å²) >= 11 is 0. The molecule has 0 saturated heterocycles. The summed E-state index contributed by atoms with van der Waals surface area (Å²) in [4.78, 5) is 13.0. The second-order valence-corrected chi connectivity index (χ2v) is 4.55. The molecule has 4 nitrogen and oxygen atoms in total. The van der Waals surface area contributed by atoms with Gasteiger partial charge < -0.3 is 10.2 Å². The molecule has 3 rings (SSSR count). The second kappa shape index (κ2) is 4.87. The number of carbonyl (C=O) groups excluding carboxylic acids is 1. The van der Waals surface area contributed by atoms with E-state index in [-0.39, 0.29) is 23.7 Å². The largest absolute Gasteiger partial charge is 0.325 e. The van der Waals surface area contributed by atoms with Crippen molar-refractivity contribution in [2.24, 2.45) is 0 Å². The van der Waals surface area contributed by atoms with Gasteiger partial charge in [-0.2, -0.15) is 5.26 Å². The molecule has 0 fully saturated rings. The van der Waals surface area contributed by atoms with Gasteiger partial charge in [-0.1, -0.05) is 12.1 Å². The predicted molar refractivity (Wildman–Crippen MR) is 73.2 cm³/mol. The van der Waals surface area contributed by atoms with Crippen LogP contribution in [0.4, 0.5) is 25.8 Å². The van der Waals surface area contributed by atoms with Gasteiger partial charge >= 0.3 is 0 Å². The molecule has 104 valence electrons. The summed E-state index contributed by atoms with van der Waals surface area (Å²) in [6.07, 6.45) is 0. The summed E-state index contributed by atoms with van der Waals surface area (Å²) in [7, 11) is 0. The van der Waals surface area contributed by atoms with Gasteiger partial charge in [0.25, 0.3) is 0 Å². The van der Waals surface area contributed by atoms with Crippen molar-refractivity contribution in [2.45, 2.75) is 0 Å². The van der Waals surface area contributed by atoms with Gasteiger partial charge in [0.2, 0.25) is 5.91 Å². The lowest BCUT2D eigenvalue weighted by molar-refractivity contribution is -0.115. The first-order valence-electron chi connectivity index (χ1n) is 6.15. The molecule has 2 aromatic rings. The van der Waals surface area contributed by atoms with Gasteiger partial charge in [-0.05, 0) is 24.3 Å². The number of halogens is 2. The lowest BCUT2D eigenvalue weighted by Crippen LogP contribution is -2.36. The van der Waals surface area contributed by atoms with Gasteiger partial charge in [-0.25, -0.2) is 8.78 Å². The number of carbonyl (C=O) groups is 1. The van der Waals surface area contributed by atoms with E-state index in [0.717, 1.165) is 12.1 Å². The number of hydrogen-bond acceptors (Lipinski definition) is 3. The van der Waals surface area contributed by atoms with Crippen LogP contribution in [0.25, 0.3) is 0 Å². The van der Waals surface area contributed by atoms with Crippen molar-refractivity contribution in [3.8, 4) is 6.07 Å². The van der Waals surface area contributed by atoms with E-state index in [2.05, 4.69) is 5.32 Å². The average Bonchev–Trinajstić information content (AvgIpc) is 2.46. The van der Waals surface area contributed by atoms with Crippen molar-refractivity contribution in [1.29, 1.82) is 5.26 Å². The fraction of sp³-hybridized carbons (Fsp3) is 0.0667. The highest BCUT2D eigenvalue weighted by molar-refractivity contribution is 6.03. The van der Waals surface area contributed by atoms with Crippen molar-refractivity contribution in [3.63, 3.8) is 0 Å². The van der Waals surface area contributed by atoms with Crippen molar-refractivity contribution >= 4 is 23.0 Å². The SMILES string of the molecule is N#Cc1cc(F)c(N2CC(=O)Nc3ccccc32)c(F)c1. The Morgan fingerprint density at radius 3 is 2.52 bits per heavy atom. The maximum absolute atomic E-state index is 14.1. The Bertz CT molecular complexity index is 760. The first-order valence-corrected chi connectivity index (χ1v) is 6.15. The zero-order valence-corrected chi connectivity index (χ0v) is 10.7. The standard InChI is InChI=1S/C15H9F2N3O/c16-10-5-9(7-18)6-11(17)15(10)20-8-14(21)19-12-3-1-2-4-13(12)20/h1-6H,8H2,(H,19,21). The Labute approximate surface area is 119 Å². The number of nitrogens with one attached hydrogen (secondary N) is 1. The van der Waals surface area contributed by atoms with E-state index in [4.69, 9.17) is 5.26 Å². The van der Waals surface area contributed by atoms with Gasteiger partial charge in [-0.3, -0.25) is 4.79 Å². The van der Waals surface area contributed by atoms with E-state index < -0.39 is 11.6 Å². The number of nitrogens with zero attached hydrogens (tertiary/aromatic N) is 2. The molecule has 0 spiro atoms. The number of hydrogen-bond donors (Lipinski definition) is 1. The number of fused-ring (bicyclic) bond motifs is 1. The summed E-state index contributed by atoms with van der Waals surface area (Å²) in [5.41, 5.74) is 0.538. The number of rotatable bonds is 1. The van der Waals surface area contributed by atoms with E-state index in [1.807, 2.05) is 0 Å². The van der Waals surface area contributed by atoms with Crippen LogP contribution in [0.15, 0.2) is 36.4 Å². The first-order chi connectivity index (χ1) is 10.1. The molecule has 0 saturated carbocycles. The van der Waals surface area contributed by atoms with E-state index in [1.165, 1.54) is 4.90 Å². The number of benzene rings is 2. The molecule has 21 heavy (non-hydrogen) atoms. The molecule has 1 N–H and O–H groups in total. The third-order valence-corrected chi connectivity index (χ3v) is 3.19. The lowest BCUT2D eigenvalue weighted by Gasteiger charge is -2.31. The molecule has 1 amide bonds. The Hall–Kier alpha value is -2.94. The van der Waals surface area contributed by atoms with Crippen LogP contribution in [0.5, 0.6) is 0 Å². The predicted octanol–water partition coefficient (Wildman–Crippen LogP) is 2.93. The molecule has 6 heteroatoms. The summed E-state index contributed by atoms with van der Waals surface area (Å²) in [6, 6.07) is 10.3. The number of anilines is 3. The van der Waals surface area contributed by atoms with Gasteiger partial charge in [0.15, 0.2) is 11.6 Å². The average molecular weight is 285 g/mol. The number of nitriles is 1. The maximum Gasteiger partial charge on any atom is 0.244 e. The molecule has 1 aliphatic rings. The Morgan fingerprint density at radius 2 is 1.86 bits per heavy atom. The highest BCUT2D eigenvalue weighted by Crippen LogP contribution is 2.37. The van der Waals surface area contributed by atoms with Crippen LogP contribution in [0.3, 0.4) is 0 Å². The van der Waals surface area contributed by atoms with Crippen molar-refractivity contribution < 1.29 is 13.6 Å². The fourth-order valence-corrected chi connectivity index (χ4v) is 2.32. The summed E-state index contributed by atoms with van der Waals surface area (Å²) in [5.74, 6) is -2.12. The third-order valence-electron chi connectivity index (χ3n) is 3.19. The highest BCUT2D eigenvalue weighted by Gasteiger charge is 2.27. The zero-order chi connectivity index (χ0) is 15.0. The minimum Gasteiger partial charge on any atom is -0.325 e. The van der Waals surface area contributed by atoms with Gasteiger partial charge in [0.1, 0.15) is 12.2 Å². The van der Waals surface area contributed by atoms with Crippen LogP contribution < -0.4 is 10.2 Å². The third kappa shape index (κ3) is 2.19. The molecule has 2 aromatic carbocycles. The summed E-state index contributed by atoms with van der Waals surface area (Å²) in [6.45, 7) is -0.198. The van der Waals surface area contributed by atoms with Gasteiger partial charge in [0.05, 0.1) is 23.0 Å². The Kier molecular flexibility index (Phi) is 3.03. The smallest absolute Gasteiger partial charge is 0.244 e.